The average Bonchev–Trinajstić information content (AvgIpc) is 3.16. The van der Waals surface area contributed by atoms with E-state index in [0.29, 0.717) is 0 Å². The largest absolute Gasteiger partial charge is 0.472 e. The summed E-state index contributed by atoms with van der Waals surface area (Å²) in [7, 11) is 0. The number of nitrogens with zero attached hydrogens (tertiary/aromatic N) is 4. The molecule has 0 amide bonds. The molecule has 3 aromatic rings. The Bertz CT molecular complexity index is 714. The maximum absolute atomic E-state index is 5.39. The molecule has 1 aliphatic heterocycles. The van der Waals surface area contributed by atoms with E-state index in [9.17, 15) is 0 Å². The lowest BCUT2D eigenvalue weighted by molar-refractivity contribution is 0.122. The number of morpholine rings is 1. The van der Waals surface area contributed by atoms with Crippen LogP contribution in [0.2, 0.25) is 0 Å². The van der Waals surface area contributed by atoms with Crippen molar-refractivity contribution in [3.63, 3.8) is 0 Å². The standard InChI is InChI=1S/C14H14N4O2/c1-6-20-10-11(1)12-9-16-14-13(15-2-3-18(12)14)17-4-7-19-8-5-17/h1-3,6,9-10H,4-5,7-8H2. The Kier molecular flexibility index (Phi) is 2.67. The van der Waals surface area contributed by atoms with Crippen LogP contribution in [0, 0.1) is 0 Å². The highest BCUT2D eigenvalue weighted by Gasteiger charge is 2.18. The summed E-state index contributed by atoms with van der Waals surface area (Å²) in [5, 5.41) is 0. The van der Waals surface area contributed by atoms with Crippen molar-refractivity contribution < 1.29 is 9.15 Å². The van der Waals surface area contributed by atoms with Gasteiger partial charge in [-0.2, -0.15) is 0 Å². The number of hydrogen-bond acceptors (Lipinski definition) is 5. The van der Waals surface area contributed by atoms with Gasteiger partial charge in [0.2, 0.25) is 0 Å². The number of imidazole rings is 1. The van der Waals surface area contributed by atoms with Crippen molar-refractivity contribution in [1.82, 2.24) is 14.4 Å². The quantitative estimate of drug-likeness (QED) is 0.711. The SMILES string of the molecule is c1cn2c(-c3ccoc3)cnc2c(N2CCOCC2)n1. The fourth-order valence-electron chi connectivity index (χ4n) is 2.53. The zero-order chi connectivity index (χ0) is 13.4. The van der Waals surface area contributed by atoms with Crippen LogP contribution in [0.15, 0.2) is 41.6 Å². The van der Waals surface area contributed by atoms with Crippen LogP contribution in [-0.4, -0.2) is 40.7 Å². The Hall–Kier alpha value is -2.34. The minimum absolute atomic E-state index is 0.734. The van der Waals surface area contributed by atoms with E-state index in [2.05, 4.69) is 14.9 Å². The highest BCUT2D eigenvalue weighted by atomic mass is 16.5. The maximum Gasteiger partial charge on any atom is 0.180 e. The van der Waals surface area contributed by atoms with Gasteiger partial charge in [0.05, 0.1) is 37.6 Å². The number of hydrogen-bond donors (Lipinski definition) is 0. The number of rotatable bonds is 2. The van der Waals surface area contributed by atoms with Crippen LogP contribution in [0.1, 0.15) is 0 Å². The van der Waals surface area contributed by atoms with E-state index in [1.165, 1.54) is 0 Å². The van der Waals surface area contributed by atoms with Crippen LogP contribution in [0.3, 0.4) is 0 Å². The fraction of sp³-hybridized carbons (Fsp3) is 0.286. The minimum Gasteiger partial charge on any atom is -0.472 e. The second-order valence-electron chi connectivity index (χ2n) is 4.70. The van der Waals surface area contributed by atoms with Gasteiger partial charge in [0.1, 0.15) is 0 Å². The summed E-state index contributed by atoms with van der Waals surface area (Å²) in [5.41, 5.74) is 2.88. The molecule has 20 heavy (non-hydrogen) atoms. The molecule has 102 valence electrons. The van der Waals surface area contributed by atoms with Gasteiger partial charge in [0.15, 0.2) is 11.5 Å². The molecule has 0 saturated carbocycles. The average molecular weight is 270 g/mol. The molecule has 0 spiro atoms. The fourth-order valence-corrected chi connectivity index (χ4v) is 2.53. The van der Waals surface area contributed by atoms with Gasteiger partial charge in [0, 0.05) is 31.0 Å². The zero-order valence-electron chi connectivity index (χ0n) is 10.9. The molecular formula is C14H14N4O2. The molecule has 6 heteroatoms. The van der Waals surface area contributed by atoms with Crippen molar-refractivity contribution in [2.75, 3.05) is 31.2 Å². The molecule has 0 bridgehead atoms. The van der Waals surface area contributed by atoms with Gasteiger partial charge in [-0.05, 0) is 6.07 Å². The summed E-state index contributed by atoms with van der Waals surface area (Å²) >= 11 is 0. The highest BCUT2D eigenvalue weighted by Crippen LogP contribution is 2.25. The van der Waals surface area contributed by atoms with Crippen LogP contribution >= 0.6 is 0 Å². The molecule has 1 saturated heterocycles. The number of fused-ring (bicyclic) bond motifs is 1. The van der Waals surface area contributed by atoms with Crippen LogP contribution < -0.4 is 4.90 Å². The molecule has 3 aromatic heterocycles. The van der Waals surface area contributed by atoms with E-state index in [4.69, 9.17) is 9.15 Å². The second-order valence-corrected chi connectivity index (χ2v) is 4.70. The summed E-state index contributed by atoms with van der Waals surface area (Å²) in [6.45, 7) is 3.16. The van der Waals surface area contributed by atoms with Crippen LogP contribution in [0.4, 0.5) is 5.82 Å². The predicted molar refractivity (Wildman–Crippen MR) is 73.7 cm³/mol. The lowest BCUT2D eigenvalue weighted by Crippen LogP contribution is -2.37. The maximum atomic E-state index is 5.39. The first kappa shape index (κ1) is 11.5. The summed E-state index contributed by atoms with van der Waals surface area (Å²) in [6, 6.07) is 1.93. The van der Waals surface area contributed by atoms with Gasteiger partial charge in [-0.25, -0.2) is 9.97 Å². The summed E-state index contributed by atoms with van der Waals surface area (Å²) < 4.78 is 12.6. The van der Waals surface area contributed by atoms with Gasteiger partial charge >= 0.3 is 0 Å². The number of furan rings is 1. The number of aromatic nitrogens is 3. The van der Waals surface area contributed by atoms with E-state index in [1.807, 2.05) is 29.1 Å². The molecule has 1 aliphatic rings. The molecule has 0 aromatic carbocycles. The van der Waals surface area contributed by atoms with Crippen molar-refractivity contribution in [3.8, 4) is 11.3 Å². The Morgan fingerprint density at radius 3 is 2.85 bits per heavy atom. The van der Waals surface area contributed by atoms with Gasteiger partial charge < -0.3 is 14.1 Å². The molecule has 0 aliphatic carbocycles. The monoisotopic (exact) mass is 270 g/mol. The summed E-state index contributed by atoms with van der Waals surface area (Å²) in [4.78, 5) is 11.2. The Labute approximate surface area is 115 Å². The van der Waals surface area contributed by atoms with Gasteiger partial charge in [-0.15, -0.1) is 0 Å². The Balaban J connectivity index is 1.83. The first-order chi connectivity index (χ1) is 9.93. The van der Waals surface area contributed by atoms with E-state index in [-0.39, 0.29) is 0 Å². The third-order valence-corrected chi connectivity index (χ3v) is 3.54. The molecular weight excluding hydrogens is 256 g/mol. The molecule has 1 fully saturated rings. The van der Waals surface area contributed by atoms with Crippen LogP contribution in [0.25, 0.3) is 16.9 Å². The van der Waals surface area contributed by atoms with E-state index in [0.717, 1.165) is 49.0 Å². The predicted octanol–water partition coefficient (Wildman–Crippen LogP) is 1.83. The summed E-state index contributed by atoms with van der Waals surface area (Å²) in [6.07, 6.45) is 8.97. The van der Waals surface area contributed by atoms with E-state index < -0.39 is 0 Å². The van der Waals surface area contributed by atoms with Gasteiger partial charge in [-0.3, -0.25) is 4.40 Å². The lowest BCUT2D eigenvalue weighted by atomic mass is 10.2. The molecule has 0 atom stereocenters. The number of anilines is 1. The summed E-state index contributed by atoms with van der Waals surface area (Å²) in [5.74, 6) is 0.908. The van der Waals surface area contributed by atoms with Crippen molar-refractivity contribution >= 4 is 11.5 Å². The Morgan fingerprint density at radius 2 is 2.05 bits per heavy atom. The first-order valence-electron chi connectivity index (χ1n) is 6.61. The van der Waals surface area contributed by atoms with Crippen molar-refractivity contribution in [2.45, 2.75) is 0 Å². The molecule has 0 unspecified atom stereocenters. The van der Waals surface area contributed by atoms with Gasteiger partial charge in [-0.1, -0.05) is 0 Å². The second kappa shape index (κ2) is 4.64. The van der Waals surface area contributed by atoms with E-state index >= 15 is 0 Å². The van der Waals surface area contributed by atoms with E-state index in [1.54, 1.807) is 12.5 Å². The normalized spacial score (nSPS) is 15.9. The van der Waals surface area contributed by atoms with Crippen molar-refractivity contribution in [3.05, 3.63) is 37.2 Å². The third-order valence-electron chi connectivity index (χ3n) is 3.54. The van der Waals surface area contributed by atoms with Crippen molar-refractivity contribution in [1.29, 1.82) is 0 Å². The topological polar surface area (TPSA) is 55.8 Å². The number of ether oxygens (including phenoxy) is 1. The first-order valence-corrected chi connectivity index (χ1v) is 6.61. The molecule has 6 nitrogen and oxygen atoms in total. The van der Waals surface area contributed by atoms with Gasteiger partial charge in [0.25, 0.3) is 0 Å². The molecule has 4 rings (SSSR count). The van der Waals surface area contributed by atoms with Crippen LogP contribution in [0.5, 0.6) is 0 Å². The van der Waals surface area contributed by atoms with Crippen molar-refractivity contribution in [2.24, 2.45) is 0 Å². The van der Waals surface area contributed by atoms with Crippen LogP contribution in [-0.2, 0) is 4.74 Å². The Morgan fingerprint density at radius 1 is 1.15 bits per heavy atom. The molecule has 0 N–H and O–H groups in total. The lowest BCUT2D eigenvalue weighted by Gasteiger charge is -2.27. The third kappa shape index (κ3) is 1.77. The molecule has 4 heterocycles. The zero-order valence-corrected chi connectivity index (χ0v) is 10.9. The smallest absolute Gasteiger partial charge is 0.180 e. The minimum atomic E-state index is 0.734. The molecule has 0 radical (unpaired) electrons. The highest BCUT2D eigenvalue weighted by molar-refractivity contribution is 5.70.